The molecule has 0 aliphatic rings. The summed E-state index contributed by atoms with van der Waals surface area (Å²) >= 11 is 0. The maximum Gasteiger partial charge on any atom is 0.322 e. The molecule has 0 radical (unpaired) electrons. The maximum absolute atomic E-state index is 10.7. The number of methoxy groups -OCH3 is 1. The fourth-order valence-electron chi connectivity index (χ4n) is 1.21. The molecule has 0 aliphatic heterocycles. The Hall–Kier alpha value is -1.67. The molecule has 0 rings (SSSR count). The number of amides is 2. The van der Waals surface area contributed by atoms with E-state index in [-0.39, 0.29) is 18.8 Å². The molecule has 0 bridgehead atoms. The normalized spacial score (nSPS) is 10.9. The highest BCUT2D eigenvalue weighted by molar-refractivity contribution is 5.76. The van der Waals surface area contributed by atoms with Crippen LogP contribution in [0.4, 0.5) is 0 Å². The SMILES string of the molecule is COC(=O)[C@@H](N)CCCCN.NC(=O)CCCC(N)=O. The van der Waals surface area contributed by atoms with Crippen LogP contribution >= 0.6 is 0 Å². The number of hydrogen-bond donors (Lipinski definition) is 4. The van der Waals surface area contributed by atoms with Gasteiger partial charge in [-0.1, -0.05) is 6.42 Å². The third-order valence-corrected chi connectivity index (χ3v) is 2.32. The van der Waals surface area contributed by atoms with Gasteiger partial charge >= 0.3 is 5.97 Å². The van der Waals surface area contributed by atoms with E-state index in [1.807, 2.05) is 0 Å². The second kappa shape index (κ2) is 13.8. The summed E-state index contributed by atoms with van der Waals surface area (Å²) in [5, 5.41) is 0. The van der Waals surface area contributed by atoms with Crippen molar-refractivity contribution in [2.75, 3.05) is 13.7 Å². The number of carbonyl (C=O) groups is 3. The fourth-order valence-corrected chi connectivity index (χ4v) is 1.21. The van der Waals surface area contributed by atoms with E-state index in [0.29, 0.717) is 19.4 Å². The first-order valence-corrected chi connectivity index (χ1v) is 6.45. The van der Waals surface area contributed by atoms with Crippen LogP contribution in [0.5, 0.6) is 0 Å². The molecule has 0 spiro atoms. The van der Waals surface area contributed by atoms with Crippen LogP contribution in [-0.4, -0.2) is 37.5 Å². The maximum atomic E-state index is 10.7. The molecule has 0 aromatic rings. The summed E-state index contributed by atoms with van der Waals surface area (Å²) in [6.07, 6.45) is 3.39. The molecular formula is C12H26N4O4. The van der Waals surface area contributed by atoms with Crippen molar-refractivity contribution >= 4 is 17.8 Å². The molecule has 8 nitrogen and oxygen atoms in total. The molecule has 0 heterocycles. The average molecular weight is 290 g/mol. The Kier molecular flexibility index (Phi) is 14.2. The van der Waals surface area contributed by atoms with Crippen molar-refractivity contribution in [3.63, 3.8) is 0 Å². The lowest BCUT2D eigenvalue weighted by Gasteiger charge is -2.07. The van der Waals surface area contributed by atoms with Gasteiger partial charge in [0.05, 0.1) is 7.11 Å². The third kappa shape index (κ3) is 16.3. The summed E-state index contributed by atoms with van der Waals surface area (Å²) in [4.78, 5) is 30.8. The van der Waals surface area contributed by atoms with Crippen molar-refractivity contribution in [2.24, 2.45) is 22.9 Å². The van der Waals surface area contributed by atoms with E-state index in [1.165, 1.54) is 7.11 Å². The highest BCUT2D eigenvalue weighted by Gasteiger charge is 2.11. The van der Waals surface area contributed by atoms with Gasteiger partial charge in [-0.2, -0.15) is 0 Å². The van der Waals surface area contributed by atoms with Gasteiger partial charge < -0.3 is 27.7 Å². The lowest BCUT2D eigenvalue weighted by Crippen LogP contribution is -2.31. The molecule has 0 aromatic carbocycles. The van der Waals surface area contributed by atoms with Gasteiger partial charge in [0, 0.05) is 12.8 Å². The topological polar surface area (TPSA) is 165 Å². The number of nitrogens with two attached hydrogens (primary N) is 4. The third-order valence-electron chi connectivity index (χ3n) is 2.32. The lowest BCUT2D eigenvalue weighted by atomic mass is 10.1. The highest BCUT2D eigenvalue weighted by atomic mass is 16.5. The van der Waals surface area contributed by atoms with Crippen LogP contribution in [0.15, 0.2) is 0 Å². The van der Waals surface area contributed by atoms with Gasteiger partial charge in [0.25, 0.3) is 0 Å². The van der Waals surface area contributed by atoms with Crippen molar-refractivity contribution in [1.82, 2.24) is 0 Å². The number of ether oxygens (including phenoxy) is 1. The minimum absolute atomic E-state index is 0.239. The zero-order chi connectivity index (χ0) is 16.0. The van der Waals surface area contributed by atoms with Crippen LogP contribution in [0.2, 0.25) is 0 Å². The number of carbonyl (C=O) groups excluding carboxylic acids is 3. The summed E-state index contributed by atoms with van der Waals surface area (Å²) < 4.78 is 4.45. The van der Waals surface area contributed by atoms with Gasteiger partial charge in [0.1, 0.15) is 6.04 Å². The van der Waals surface area contributed by atoms with E-state index < -0.39 is 17.9 Å². The summed E-state index contributed by atoms with van der Waals surface area (Å²) in [6, 6.07) is -0.480. The fraction of sp³-hybridized carbons (Fsp3) is 0.750. The smallest absolute Gasteiger partial charge is 0.322 e. The van der Waals surface area contributed by atoms with E-state index in [2.05, 4.69) is 4.74 Å². The minimum Gasteiger partial charge on any atom is -0.468 e. The van der Waals surface area contributed by atoms with E-state index >= 15 is 0 Å². The van der Waals surface area contributed by atoms with Gasteiger partial charge in [0.15, 0.2) is 0 Å². The highest BCUT2D eigenvalue weighted by Crippen LogP contribution is 1.98. The van der Waals surface area contributed by atoms with Crippen LogP contribution in [-0.2, 0) is 19.1 Å². The Morgan fingerprint density at radius 1 is 1.00 bits per heavy atom. The number of rotatable bonds is 9. The van der Waals surface area contributed by atoms with Crippen LogP contribution in [0.25, 0.3) is 0 Å². The molecule has 0 saturated carbocycles. The van der Waals surface area contributed by atoms with Crippen molar-refractivity contribution in [3.05, 3.63) is 0 Å². The van der Waals surface area contributed by atoms with Crippen LogP contribution < -0.4 is 22.9 Å². The number of hydrogen-bond acceptors (Lipinski definition) is 6. The molecular weight excluding hydrogens is 264 g/mol. The Labute approximate surface area is 119 Å². The summed E-state index contributed by atoms with van der Waals surface area (Å²) in [5.74, 6) is -1.13. The number of esters is 1. The minimum atomic E-state index is -0.480. The summed E-state index contributed by atoms with van der Waals surface area (Å²) in [5.41, 5.74) is 20.3. The van der Waals surface area contributed by atoms with Crippen molar-refractivity contribution in [3.8, 4) is 0 Å². The van der Waals surface area contributed by atoms with Crippen LogP contribution in [0, 0.1) is 0 Å². The monoisotopic (exact) mass is 290 g/mol. The Bertz CT molecular complexity index is 283. The average Bonchev–Trinajstić information content (AvgIpc) is 2.37. The van der Waals surface area contributed by atoms with Gasteiger partial charge in [-0.25, -0.2) is 0 Å². The van der Waals surface area contributed by atoms with E-state index in [0.717, 1.165) is 12.8 Å². The second-order valence-electron chi connectivity index (χ2n) is 4.20. The largest absolute Gasteiger partial charge is 0.468 e. The van der Waals surface area contributed by atoms with Crippen molar-refractivity contribution in [1.29, 1.82) is 0 Å². The predicted octanol–water partition coefficient (Wildman–Crippen LogP) is -1.26. The van der Waals surface area contributed by atoms with E-state index in [1.54, 1.807) is 0 Å². The molecule has 20 heavy (non-hydrogen) atoms. The van der Waals surface area contributed by atoms with Crippen molar-refractivity contribution < 1.29 is 19.1 Å². The summed E-state index contributed by atoms with van der Waals surface area (Å²) in [7, 11) is 1.34. The van der Waals surface area contributed by atoms with E-state index in [9.17, 15) is 14.4 Å². The molecule has 0 unspecified atom stereocenters. The second-order valence-corrected chi connectivity index (χ2v) is 4.20. The van der Waals surface area contributed by atoms with Gasteiger partial charge in [0.2, 0.25) is 11.8 Å². The Morgan fingerprint density at radius 3 is 1.85 bits per heavy atom. The zero-order valence-corrected chi connectivity index (χ0v) is 12.0. The molecule has 118 valence electrons. The number of unbranched alkanes of at least 4 members (excludes halogenated alkanes) is 1. The Morgan fingerprint density at radius 2 is 1.50 bits per heavy atom. The first-order chi connectivity index (χ1) is 9.34. The molecule has 1 atom stereocenters. The van der Waals surface area contributed by atoms with Gasteiger partial charge in [-0.3, -0.25) is 14.4 Å². The number of primary amides is 2. The van der Waals surface area contributed by atoms with Gasteiger partial charge in [-0.05, 0) is 25.8 Å². The summed E-state index contributed by atoms with van der Waals surface area (Å²) in [6.45, 7) is 0.647. The molecule has 0 aliphatic carbocycles. The van der Waals surface area contributed by atoms with E-state index in [4.69, 9.17) is 22.9 Å². The molecule has 2 amide bonds. The van der Waals surface area contributed by atoms with Gasteiger partial charge in [-0.15, -0.1) is 0 Å². The van der Waals surface area contributed by atoms with Crippen molar-refractivity contribution in [2.45, 2.75) is 44.6 Å². The zero-order valence-electron chi connectivity index (χ0n) is 12.0. The predicted molar refractivity (Wildman–Crippen MR) is 75.1 cm³/mol. The molecule has 8 N–H and O–H groups in total. The molecule has 0 saturated heterocycles. The lowest BCUT2D eigenvalue weighted by molar-refractivity contribution is -0.142. The molecule has 8 heteroatoms. The first-order valence-electron chi connectivity index (χ1n) is 6.45. The van der Waals surface area contributed by atoms with Crippen LogP contribution in [0.3, 0.4) is 0 Å². The molecule has 0 aromatic heterocycles. The molecule has 0 fully saturated rings. The Balaban J connectivity index is 0. The quantitative estimate of drug-likeness (QED) is 0.306. The van der Waals surface area contributed by atoms with Crippen LogP contribution in [0.1, 0.15) is 38.5 Å². The standard InChI is InChI=1S/C7H16N2O2.C5H10N2O2/c1-11-7(10)6(9)4-2-3-5-8;6-4(8)2-1-3-5(7)9/h6H,2-5,8-9H2,1H3;1-3H2,(H2,6,8)(H2,7,9)/t6-;/m0./s1. The first kappa shape index (κ1) is 20.6.